The molecule has 0 aliphatic heterocycles. The van der Waals surface area contributed by atoms with Gasteiger partial charge in [0.05, 0.1) is 0 Å². The Hall–Kier alpha value is -0.240. The van der Waals surface area contributed by atoms with Crippen LogP contribution < -0.4 is 5.73 Å². The van der Waals surface area contributed by atoms with E-state index in [-0.39, 0.29) is 5.54 Å². The van der Waals surface area contributed by atoms with Gasteiger partial charge in [-0.05, 0) is 48.8 Å². The van der Waals surface area contributed by atoms with E-state index in [1.165, 1.54) is 38.5 Å². The van der Waals surface area contributed by atoms with E-state index in [0.717, 1.165) is 23.4 Å². The SMILES string of the molecule is NC1(c2ccc(Cl)cc2Cl)CC2(CCCCCC2)C1. The average Bonchev–Trinajstić information content (AvgIpc) is 2.53. The van der Waals surface area contributed by atoms with E-state index >= 15 is 0 Å². The first-order valence-electron chi connectivity index (χ1n) is 7.28. The molecule has 0 bridgehead atoms. The highest BCUT2D eigenvalue weighted by Gasteiger charge is 2.53. The lowest BCUT2D eigenvalue weighted by atomic mass is 9.52. The Morgan fingerprint density at radius 2 is 1.58 bits per heavy atom. The van der Waals surface area contributed by atoms with Crippen LogP contribution in [0.3, 0.4) is 0 Å². The number of hydrogen-bond acceptors (Lipinski definition) is 1. The molecule has 3 rings (SSSR count). The monoisotopic (exact) mass is 297 g/mol. The van der Waals surface area contributed by atoms with Gasteiger partial charge in [-0.2, -0.15) is 0 Å². The first kappa shape index (κ1) is 13.7. The number of benzene rings is 1. The van der Waals surface area contributed by atoms with Gasteiger partial charge in [-0.3, -0.25) is 0 Å². The summed E-state index contributed by atoms with van der Waals surface area (Å²) in [5, 5.41) is 1.40. The Balaban J connectivity index is 1.79. The number of nitrogens with two attached hydrogens (primary N) is 1. The van der Waals surface area contributed by atoms with Crippen LogP contribution in [0.2, 0.25) is 10.0 Å². The van der Waals surface area contributed by atoms with Crippen molar-refractivity contribution in [1.82, 2.24) is 0 Å². The molecule has 1 aromatic carbocycles. The molecule has 0 unspecified atom stereocenters. The summed E-state index contributed by atoms with van der Waals surface area (Å²) in [6.07, 6.45) is 10.4. The lowest BCUT2D eigenvalue weighted by Crippen LogP contribution is -2.55. The molecule has 0 aromatic heterocycles. The molecule has 0 atom stereocenters. The van der Waals surface area contributed by atoms with Gasteiger partial charge >= 0.3 is 0 Å². The minimum absolute atomic E-state index is 0.230. The summed E-state index contributed by atoms with van der Waals surface area (Å²) in [5.41, 5.74) is 7.95. The van der Waals surface area contributed by atoms with Gasteiger partial charge in [0.25, 0.3) is 0 Å². The Labute approximate surface area is 125 Å². The van der Waals surface area contributed by atoms with Crippen LogP contribution in [-0.4, -0.2) is 0 Å². The zero-order valence-electron chi connectivity index (χ0n) is 11.2. The van der Waals surface area contributed by atoms with E-state index in [0.29, 0.717) is 10.4 Å². The summed E-state index contributed by atoms with van der Waals surface area (Å²) >= 11 is 12.3. The predicted molar refractivity (Wildman–Crippen MR) is 81.7 cm³/mol. The van der Waals surface area contributed by atoms with Crippen molar-refractivity contribution in [3.05, 3.63) is 33.8 Å². The van der Waals surface area contributed by atoms with E-state index in [9.17, 15) is 0 Å². The first-order valence-corrected chi connectivity index (χ1v) is 8.03. The molecule has 3 heteroatoms. The van der Waals surface area contributed by atoms with E-state index in [1.54, 1.807) is 0 Å². The summed E-state index contributed by atoms with van der Waals surface area (Å²) < 4.78 is 0. The van der Waals surface area contributed by atoms with Crippen molar-refractivity contribution in [2.24, 2.45) is 11.1 Å². The highest BCUT2D eigenvalue weighted by Crippen LogP contribution is 2.59. The minimum Gasteiger partial charge on any atom is -0.321 e. The van der Waals surface area contributed by atoms with Gasteiger partial charge < -0.3 is 5.73 Å². The van der Waals surface area contributed by atoms with Crippen LogP contribution in [0.4, 0.5) is 0 Å². The molecule has 0 heterocycles. The third-order valence-corrected chi connectivity index (χ3v) is 5.56. The quantitative estimate of drug-likeness (QED) is 0.749. The van der Waals surface area contributed by atoms with Gasteiger partial charge in [0, 0.05) is 15.6 Å². The maximum absolute atomic E-state index is 6.60. The first-order chi connectivity index (χ1) is 9.03. The standard InChI is InChI=1S/C16H21Cl2N/c17-12-5-6-13(14(18)9-12)16(19)10-15(11-16)7-3-1-2-4-8-15/h5-6,9H,1-4,7-8,10-11,19H2. The highest BCUT2D eigenvalue weighted by atomic mass is 35.5. The summed E-state index contributed by atoms with van der Waals surface area (Å²) in [5.74, 6) is 0. The fourth-order valence-corrected chi connectivity index (χ4v) is 4.80. The molecule has 2 fully saturated rings. The van der Waals surface area contributed by atoms with Crippen molar-refractivity contribution in [2.75, 3.05) is 0 Å². The van der Waals surface area contributed by atoms with Crippen LogP contribution in [0, 0.1) is 5.41 Å². The van der Waals surface area contributed by atoms with Crippen LogP contribution in [0.5, 0.6) is 0 Å². The predicted octanol–water partition coefficient (Wildman–Crippen LogP) is 5.28. The molecule has 2 N–H and O–H groups in total. The molecular formula is C16H21Cl2N. The summed E-state index contributed by atoms with van der Waals surface area (Å²) in [7, 11) is 0. The van der Waals surface area contributed by atoms with Gasteiger partial charge in [0.2, 0.25) is 0 Å². The van der Waals surface area contributed by atoms with Crippen LogP contribution in [0.1, 0.15) is 56.9 Å². The van der Waals surface area contributed by atoms with Crippen molar-refractivity contribution in [1.29, 1.82) is 0 Å². The van der Waals surface area contributed by atoms with Gasteiger partial charge in [0.1, 0.15) is 0 Å². The molecular weight excluding hydrogens is 277 g/mol. The van der Waals surface area contributed by atoms with Gasteiger partial charge in [-0.15, -0.1) is 0 Å². The molecule has 2 aliphatic rings. The molecule has 2 saturated carbocycles. The molecule has 19 heavy (non-hydrogen) atoms. The zero-order valence-corrected chi connectivity index (χ0v) is 12.7. The van der Waals surface area contributed by atoms with Crippen molar-refractivity contribution >= 4 is 23.2 Å². The Bertz CT molecular complexity index is 468. The third kappa shape index (κ3) is 2.53. The number of rotatable bonds is 1. The Kier molecular flexibility index (Phi) is 3.57. The van der Waals surface area contributed by atoms with Crippen LogP contribution in [0.25, 0.3) is 0 Å². The molecule has 1 spiro atoms. The molecule has 0 saturated heterocycles. The second-order valence-electron chi connectivity index (χ2n) is 6.55. The second kappa shape index (κ2) is 4.95. The summed E-state index contributed by atoms with van der Waals surface area (Å²) in [6.45, 7) is 0. The lowest BCUT2D eigenvalue weighted by Gasteiger charge is -2.55. The Morgan fingerprint density at radius 1 is 0.947 bits per heavy atom. The van der Waals surface area contributed by atoms with E-state index in [4.69, 9.17) is 28.9 Å². The van der Waals surface area contributed by atoms with E-state index < -0.39 is 0 Å². The lowest BCUT2D eigenvalue weighted by molar-refractivity contribution is 0.00971. The topological polar surface area (TPSA) is 26.0 Å². The zero-order chi connectivity index (χ0) is 13.5. The van der Waals surface area contributed by atoms with Crippen molar-refractivity contribution in [3.8, 4) is 0 Å². The smallest absolute Gasteiger partial charge is 0.0471 e. The van der Waals surface area contributed by atoms with Crippen LogP contribution >= 0.6 is 23.2 Å². The molecule has 104 valence electrons. The number of halogens is 2. The van der Waals surface area contributed by atoms with Crippen LogP contribution in [0.15, 0.2) is 18.2 Å². The fraction of sp³-hybridized carbons (Fsp3) is 0.625. The third-order valence-electron chi connectivity index (χ3n) is 5.01. The average molecular weight is 298 g/mol. The number of hydrogen-bond donors (Lipinski definition) is 1. The maximum atomic E-state index is 6.60. The highest BCUT2D eigenvalue weighted by molar-refractivity contribution is 6.35. The molecule has 2 aliphatic carbocycles. The van der Waals surface area contributed by atoms with Crippen molar-refractivity contribution in [3.63, 3.8) is 0 Å². The largest absolute Gasteiger partial charge is 0.321 e. The van der Waals surface area contributed by atoms with E-state index in [2.05, 4.69) is 0 Å². The minimum atomic E-state index is -0.230. The van der Waals surface area contributed by atoms with Gasteiger partial charge in [-0.1, -0.05) is 55.0 Å². The second-order valence-corrected chi connectivity index (χ2v) is 7.39. The van der Waals surface area contributed by atoms with Gasteiger partial charge in [-0.25, -0.2) is 0 Å². The molecule has 0 radical (unpaired) electrons. The maximum Gasteiger partial charge on any atom is 0.0471 e. The fourth-order valence-electron chi connectivity index (χ4n) is 4.20. The summed E-state index contributed by atoms with van der Waals surface area (Å²) in [6, 6.07) is 5.72. The molecule has 0 amide bonds. The normalized spacial score (nSPS) is 24.8. The van der Waals surface area contributed by atoms with Crippen molar-refractivity contribution < 1.29 is 0 Å². The Morgan fingerprint density at radius 3 is 2.16 bits per heavy atom. The van der Waals surface area contributed by atoms with E-state index in [1.807, 2.05) is 18.2 Å². The van der Waals surface area contributed by atoms with Gasteiger partial charge in [0.15, 0.2) is 0 Å². The van der Waals surface area contributed by atoms with Crippen molar-refractivity contribution in [2.45, 2.75) is 56.9 Å². The van der Waals surface area contributed by atoms with Crippen LogP contribution in [-0.2, 0) is 5.54 Å². The molecule has 1 aromatic rings. The molecule has 1 nitrogen and oxygen atoms in total. The summed E-state index contributed by atoms with van der Waals surface area (Å²) in [4.78, 5) is 0.